The first-order valence-corrected chi connectivity index (χ1v) is 9.49. The van der Waals surface area contributed by atoms with Crippen molar-refractivity contribution in [2.45, 2.75) is 19.4 Å². The highest BCUT2D eigenvalue weighted by molar-refractivity contribution is 5.94. The number of benzene rings is 3. The number of nitrogens with zero attached hydrogens (tertiary/aromatic N) is 2. The van der Waals surface area contributed by atoms with Crippen molar-refractivity contribution in [1.29, 1.82) is 0 Å². The topological polar surface area (TPSA) is 68.0 Å². The third kappa shape index (κ3) is 4.58. The molecule has 0 bridgehead atoms. The summed E-state index contributed by atoms with van der Waals surface area (Å²) in [7, 11) is 0. The molecule has 0 saturated carbocycles. The summed E-state index contributed by atoms with van der Waals surface area (Å²) in [5.74, 6) is 0.711. The van der Waals surface area contributed by atoms with Crippen LogP contribution in [-0.4, -0.2) is 16.0 Å². The fraction of sp³-hybridized carbons (Fsp3) is 0.125. The average Bonchev–Trinajstić information content (AvgIpc) is 3.25. The molecule has 0 aliphatic heterocycles. The Morgan fingerprint density at radius 2 is 1.59 bits per heavy atom. The molecule has 144 valence electrons. The Morgan fingerprint density at radius 3 is 2.28 bits per heavy atom. The van der Waals surface area contributed by atoms with E-state index in [-0.39, 0.29) is 5.91 Å². The maximum absolute atomic E-state index is 12.7. The second-order valence-electron chi connectivity index (χ2n) is 6.90. The molecule has 1 amide bonds. The van der Waals surface area contributed by atoms with Gasteiger partial charge in [0.2, 0.25) is 11.7 Å². The minimum atomic E-state index is -0.434. The quantitative estimate of drug-likeness (QED) is 0.521. The molecule has 29 heavy (non-hydrogen) atoms. The van der Waals surface area contributed by atoms with Crippen molar-refractivity contribution in [2.24, 2.45) is 0 Å². The molecular formula is C24H21N3O2. The summed E-state index contributed by atoms with van der Waals surface area (Å²) in [6.45, 7) is 2.03. The Hall–Kier alpha value is -3.73. The maximum Gasteiger partial charge on any atom is 0.251 e. The van der Waals surface area contributed by atoms with Crippen LogP contribution in [0, 0.1) is 6.92 Å². The highest BCUT2D eigenvalue weighted by atomic mass is 16.5. The summed E-state index contributed by atoms with van der Waals surface area (Å²) < 4.78 is 5.54. The van der Waals surface area contributed by atoms with Crippen LogP contribution in [0.3, 0.4) is 0 Å². The lowest BCUT2D eigenvalue weighted by Crippen LogP contribution is -2.30. The van der Waals surface area contributed by atoms with E-state index < -0.39 is 6.04 Å². The lowest BCUT2D eigenvalue weighted by atomic mass is 10.1. The standard InChI is InChI=1S/C24H21N3O2/c1-17-12-14-19(15-13-17)22-26-24(29-27-22)21(16-18-8-4-2-5-9-18)25-23(28)20-10-6-3-7-11-20/h2-15,21H,16H2,1H3,(H,25,28). The minimum absolute atomic E-state index is 0.179. The van der Waals surface area contributed by atoms with Crippen LogP contribution < -0.4 is 5.32 Å². The van der Waals surface area contributed by atoms with Crippen molar-refractivity contribution in [2.75, 3.05) is 0 Å². The number of hydrogen-bond acceptors (Lipinski definition) is 4. The van der Waals surface area contributed by atoms with Crippen molar-refractivity contribution in [3.05, 3.63) is 108 Å². The fourth-order valence-electron chi connectivity index (χ4n) is 3.08. The molecule has 1 heterocycles. The Labute approximate surface area is 169 Å². The van der Waals surface area contributed by atoms with Crippen molar-refractivity contribution in [3.63, 3.8) is 0 Å². The van der Waals surface area contributed by atoms with Gasteiger partial charge < -0.3 is 9.84 Å². The van der Waals surface area contributed by atoms with Gasteiger partial charge in [0.15, 0.2) is 0 Å². The monoisotopic (exact) mass is 383 g/mol. The number of aromatic nitrogens is 2. The van der Waals surface area contributed by atoms with E-state index in [1.165, 1.54) is 0 Å². The molecule has 5 nitrogen and oxygen atoms in total. The lowest BCUT2D eigenvalue weighted by molar-refractivity contribution is 0.0928. The van der Waals surface area contributed by atoms with Gasteiger partial charge in [-0.15, -0.1) is 0 Å². The van der Waals surface area contributed by atoms with E-state index in [0.29, 0.717) is 23.7 Å². The molecule has 4 aromatic rings. The molecule has 1 N–H and O–H groups in total. The van der Waals surface area contributed by atoms with Gasteiger partial charge in [-0.05, 0) is 24.6 Å². The zero-order valence-corrected chi connectivity index (χ0v) is 16.1. The largest absolute Gasteiger partial charge is 0.340 e. The molecule has 0 aliphatic carbocycles. The summed E-state index contributed by atoms with van der Waals surface area (Å²) in [6.07, 6.45) is 0.551. The normalized spacial score (nSPS) is 11.8. The number of amides is 1. The van der Waals surface area contributed by atoms with Crippen LogP contribution in [0.2, 0.25) is 0 Å². The van der Waals surface area contributed by atoms with Gasteiger partial charge in [0.05, 0.1) is 0 Å². The van der Waals surface area contributed by atoms with Crippen molar-refractivity contribution < 1.29 is 9.32 Å². The van der Waals surface area contributed by atoms with Crippen LogP contribution in [0.15, 0.2) is 89.5 Å². The summed E-state index contributed by atoms with van der Waals surface area (Å²) in [4.78, 5) is 17.3. The molecule has 4 rings (SSSR count). The Kier molecular flexibility index (Phi) is 5.47. The Balaban J connectivity index is 1.61. The average molecular weight is 383 g/mol. The fourth-order valence-corrected chi connectivity index (χ4v) is 3.08. The SMILES string of the molecule is Cc1ccc(-c2noc(C(Cc3ccccc3)NC(=O)c3ccccc3)n2)cc1. The summed E-state index contributed by atoms with van der Waals surface area (Å²) in [5, 5.41) is 7.16. The Bertz CT molecular complexity index is 1070. The van der Waals surface area contributed by atoms with Gasteiger partial charge in [-0.2, -0.15) is 4.98 Å². The van der Waals surface area contributed by atoms with E-state index >= 15 is 0 Å². The van der Waals surface area contributed by atoms with Gasteiger partial charge in [-0.3, -0.25) is 4.79 Å². The van der Waals surface area contributed by atoms with E-state index in [1.807, 2.05) is 79.7 Å². The number of aryl methyl sites for hydroxylation is 1. The first-order valence-electron chi connectivity index (χ1n) is 9.49. The Morgan fingerprint density at radius 1 is 0.931 bits per heavy atom. The highest BCUT2D eigenvalue weighted by Crippen LogP contribution is 2.22. The number of nitrogens with one attached hydrogen (secondary N) is 1. The van der Waals surface area contributed by atoms with Gasteiger partial charge in [0.25, 0.3) is 5.91 Å². The predicted octanol–water partition coefficient (Wildman–Crippen LogP) is 4.76. The second-order valence-corrected chi connectivity index (χ2v) is 6.90. The van der Waals surface area contributed by atoms with Crippen molar-refractivity contribution in [3.8, 4) is 11.4 Å². The molecule has 0 aliphatic rings. The minimum Gasteiger partial charge on any atom is -0.340 e. The van der Waals surface area contributed by atoms with Crippen LogP contribution >= 0.6 is 0 Å². The summed E-state index contributed by atoms with van der Waals surface area (Å²) in [5.41, 5.74) is 3.69. The highest BCUT2D eigenvalue weighted by Gasteiger charge is 2.23. The molecule has 1 aromatic heterocycles. The first-order chi connectivity index (χ1) is 14.2. The van der Waals surface area contributed by atoms with Gasteiger partial charge in [-0.1, -0.05) is 83.5 Å². The van der Waals surface area contributed by atoms with Crippen molar-refractivity contribution in [1.82, 2.24) is 15.5 Å². The smallest absolute Gasteiger partial charge is 0.251 e. The molecule has 0 spiro atoms. The van der Waals surface area contributed by atoms with Gasteiger partial charge in [0.1, 0.15) is 6.04 Å². The number of rotatable bonds is 6. The number of carbonyl (C=O) groups is 1. The van der Waals surface area contributed by atoms with E-state index in [2.05, 4.69) is 15.5 Å². The molecule has 5 heteroatoms. The van der Waals surface area contributed by atoms with E-state index in [1.54, 1.807) is 12.1 Å². The van der Waals surface area contributed by atoms with Gasteiger partial charge >= 0.3 is 0 Å². The molecule has 1 unspecified atom stereocenters. The number of hydrogen-bond donors (Lipinski definition) is 1. The molecule has 0 saturated heterocycles. The molecule has 0 radical (unpaired) electrons. The molecule has 0 fully saturated rings. The first kappa shape index (κ1) is 18.6. The third-order valence-electron chi connectivity index (χ3n) is 4.67. The molecule has 3 aromatic carbocycles. The summed E-state index contributed by atoms with van der Waals surface area (Å²) in [6, 6.07) is 26.5. The maximum atomic E-state index is 12.7. The van der Waals surface area contributed by atoms with Crippen LogP contribution in [0.25, 0.3) is 11.4 Å². The predicted molar refractivity (Wildman–Crippen MR) is 111 cm³/mol. The van der Waals surface area contributed by atoms with E-state index in [4.69, 9.17) is 4.52 Å². The van der Waals surface area contributed by atoms with Crippen LogP contribution in [-0.2, 0) is 6.42 Å². The van der Waals surface area contributed by atoms with Crippen molar-refractivity contribution >= 4 is 5.91 Å². The number of carbonyl (C=O) groups excluding carboxylic acids is 1. The molecular weight excluding hydrogens is 362 g/mol. The van der Waals surface area contributed by atoms with Crippen LogP contribution in [0.1, 0.15) is 33.4 Å². The second kappa shape index (κ2) is 8.52. The van der Waals surface area contributed by atoms with Crippen LogP contribution in [0.5, 0.6) is 0 Å². The lowest BCUT2D eigenvalue weighted by Gasteiger charge is -2.15. The van der Waals surface area contributed by atoms with Gasteiger partial charge in [-0.25, -0.2) is 0 Å². The zero-order valence-electron chi connectivity index (χ0n) is 16.1. The van der Waals surface area contributed by atoms with E-state index in [0.717, 1.165) is 16.7 Å². The van der Waals surface area contributed by atoms with E-state index in [9.17, 15) is 4.79 Å². The molecule has 1 atom stereocenters. The van der Waals surface area contributed by atoms with Crippen LogP contribution in [0.4, 0.5) is 0 Å². The zero-order chi connectivity index (χ0) is 20.1. The van der Waals surface area contributed by atoms with Gasteiger partial charge in [0, 0.05) is 17.5 Å². The summed E-state index contributed by atoms with van der Waals surface area (Å²) >= 11 is 0. The third-order valence-corrected chi connectivity index (χ3v) is 4.67.